The highest BCUT2D eigenvalue weighted by atomic mass is 32.2. The standard InChI is InChI=1S/C23H25N5O3S2/c29-19(28-9-6-15(7-10-28)25-21(30)14-3-2-8-24-11-14)13-32-12-18-26-22(31)20-16-4-1-5-17(16)33-23(20)27-18/h2-3,8,11,15H,1,4-7,9-10,12-13H2,(H,25,30)(H,26,27,31). The first-order valence-corrected chi connectivity index (χ1v) is 13.2. The molecule has 2 aliphatic rings. The fraction of sp³-hybridized carbons (Fsp3) is 0.435. The van der Waals surface area contributed by atoms with Gasteiger partial charge in [0.2, 0.25) is 5.91 Å². The second kappa shape index (κ2) is 9.64. The van der Waals surface area contributed by atoms with Gasteiger partial charge in [-0.1, -0.05) is 0 Å². The van der Waals surface area contributed by atoms with Crippen LogP contribution >= 0.6 is 23.1 Å². The highest BCUT2D eigenvalue weighted by Crippen LogP contribution is 2.34. The van der Waals surface area contributed by atoms with Gasteiger partial charge in [0, 0.05) is 36.4 Å². The van der Waals surface area contributed by atoms with E-state index >= 15 is 0 Å². The van der Waals surface area contributed by atoms with Gasteiger partial charge < -0.3 is 15.2 Å². The van der Waals surface area contributed by atoms with Crippen molar-refractivity contribution in [1.29, 1.82) is 0 Å². The van der Waals surface area contributed by atoms with Crippen LogP contribution in [0.1, 0.15) is 45.9 Å². The predicted octanol–water partition coefficient (Wildman–Crippen LogP) is 2.52. The lowest BCUT2D eigenvalue weighted by Gasteiger charge is -2.32. The minimum Gasteiger partial charge on any atom is -0.349 e. The fourth-order valence-electron chi connectivity index (χ4n) is 4.48. The molecule has 3 aromatic rings. The predicted molar refractivity (Wildman–Crippen MR) is 130 cm³/mol. The van der Waals surface area contributed by atoms with E-state index in [2.05, 4.69) is 20.3 Å². The van der Waals surface area contributed by atoms with Crippen molar-refractivity contribution < 1.29 is 9.59 Å². The number of pyridine rings is 1. The molecule has 1 aliphatic heterocycles. The largest absolute Gasteiger partial charge is 0.349 e. The number of hydrogen-bond donors (Lipinski definition) is 2. The van der Waals surface area contributed by atoms with Crippen molar-refractivity contribution in [1.82, 2.24) is 25.2 Å². The van der Waals surface area contributed by atoms with Gasteiger partial charge in [0.25, 0.3) is 11.5 Å². The number of amides is 2. The van der Waals surface area contributed by atoms with E-state index in [0.29, 0.717) is 36.0 Å². The number of hydrogen-bond acceptors (Lipinski definition) is 7. The molecular weight excluding hydrogens is 458 g/mol. The van der Waals surface area contributed by atoms with Crippen LogP contribution in [-0.2, 0) is 23.4 Å². The average molecular weight is 484 g/mol. The second-order valence-corrected chi connectivity index (χ2v) is 10.5. The monoisotopic (exact) mass is 483 g/mol. The Balaban J connectivity index is 1.09. The van der Waals surface area contributed by atoms with Crippen LogP contribution in [-0.4, -0.2) is 56.6 Å². The molecule has 172 valence electrons. The van der Waals surface area contributed by atoms with E-state index in [1.165, 1.54) is 22.2 Å². The van der Waals surface area contributed by atoms with E-state index in [4.69, 9.17) is 0 Å². The van der Waals surface area contributed by atoms with Crippen molar-refractivity contribution in [2.75, 3.05) is 18.8 Å². The summed E-state index contributed by atoms with van der Waals surface area (Å²) in [6.07, 6.45) is 7.78. The van der Waals surface area contributed by atoms with Gasteiger partial charge in [0.15, 0.2) is 0 Å². The van der Waals surface area contributed by atoms with Crippen molar-refractivity contribution in [3.63, 3.8) is 0 Å². The number of carbonyl (C=O) groups excluding carboxylic acids is 2. The zero-order chi connectivity index (χ0) is 22.8. The van der Waals surface area contributed by atoms with Gasteiger partial charge in [-0.15, -0.1) is 23.1 Å². The molecule has 0 spiro atoms. The first kappa shape index (κ1) is 22.1. The molecule has 3 aromatic heterocycles. The van der Waals surface area contributed by atoms with Gasteiger partial charge in [0.1, 0.15) is 10.7 Å². The number of thiophene rings is 1. The summed E-state index contributed by atoms with van der Waals surface area (Å²) in [5.41, 5.74) is 1.67. The molecule has 33 heavy (non-hydrogen) atoms. The van der Waals surface area contributed by atoms with Crippen molar-refractivity contribution in [3.05, 3.63) is 56.7 Å². The van der Waals surface area contributed by atoms with Gasteiger partial charge in [0.05, 0.1) is 22.5 Å². The number of H-pyrrole nitrogens is 1. The molecule has 10 heteroatoms. The minimum atomic E-state index is -0.127. The highest BCUT2D eigenvalue weighted by molar-refractivity contribution is 7.99. The minimum absolute atomic E-state index is 0.0582. The van der Waals surface area contributed by atoms with E-state index in [-0.39, 0.29) is 23.4 Å². The van der Waals surface area contributed by atoms with Crippen LogP contribution in [0.25, 0.3) is 10.2 Å². The van der Waals surface area contributed by atoms with Crippen LogP contribution in [0.3, 0.4) is 0 Å². The van der Waals surface area contributed by atoms with E-state index in [1.807, 2.05) is 4.90 Å². The zero-order valence-corrected chi connectivity index (χ0v) is 19.8. The summed E-state index contributed by atoms with van der Waals surface area (Å²) in [6, 6.07) is 3.54. The van der Waals surface area contributed by atoms with Gasteiger partial charge in [-0.2, -0.15) is 0 Å². The Kier molecular flexibility index (Phi) is 6.45. The van der Waals surface area contributed by atoms with Gasteiger partial charge in [-0.25, -0.2) is 4.98 Å². The van der Waals surface area contributed by atoms with Crippen LogP contribution in [0.4, 0.5) is 0 Å². The zero-order valence-electron chi connectivity index (χ0n) is 18.1. The average Bonchev–Trinajstić information content (AvgIpc) is 3.41. The maximum atomic E-state index is 12.6. The molecule has 5 rings (SSSR count). The van der Waals surface area contributed by atoms with Crippen LogP contribution in [0, 0.1) is 0 Å². The molecule has 0 bridgehead atoms. The molecule has 0 atom stereocenters. The first-order chi connectivity index (χ1) is 16.1. The Labute approximate surface area is 199 Å². The number of piperidine rings is 1. The topological polar surface area (TPSA) is 108 Å². The SMILES string of the molecule is O=C(NC1CCN(C(=O)CSCc2nc3sc4c(c3c(=O)[nH]2)CCC4)CC1)c1cccnc1. The Morgan fingerprint density at radius 2 is 2.12 bits per heavy atom. The number of likely N-dealkylation sites (tertiary alicyclic amines) is 1. The summed E-state index contributed by atoms with van der Waals surface area (Å²) in [7, 11) is 0. The van der Waals surface area contributed by atoms with E-state index < -0.39 is 0 Å². The molecule has 4 heterocycles. The summed E-state index contributed by atoms with van der Waals surface area (Å²) in [5.74, 6) is 1.42. The lowest BCUT2D eigenvalue weighted by Crippen LogP contribution is -2.47. The molecule has 0 radical (unpaired) electrons. The van der Waals surface area contributed by atoms with Gasteiger partial charge in [-0.3, -0.25) is 19.4 Å². The number of fused-ring (bicyclic) bond motifs is 3. The number of rotatable bonds is 6. The molecule has 0 aromatic carbocycles. The summed E-state index contributed by atoms with van der Waals surface area (Å²) < 4.78 is 0. The third-order valence-electron chi connectivity index (χ3n) is 6.20. The van der Waals surface area contributed by atoms with Gasteiger partial charge in [-0.05, 0) is 49.8 Å². The Morgan fingerprint density at radius 1 is 1.27 bits per heavy atom. The number of aryl methyl sites for hydroxylation is 2. The van der Waals surface area contributed by atoms with E-state index in [0.717, 1.165) is 42.3 Å². The third-order valence-corrected chi connectivity index (χ3v) is 8.31. The van der Waals surface area contributed by atoms with Crippen molar-refractivity contribution in [2.45, 2.75) is 43.9 Å². The number of aromatic amines is 1. The molecule has 1 saturated heterocycles. The summed E-state index contributed by atoms with van der Waals surface area (Å²) in [6.45, 7) is 1.25. The molecule has 2 N–H and O–H groups in total. The van der Waals surface area contributed by atoms with Crippen molar-refractivity contribution >= 4 is 45.1 Å². The molecule has 0 unspecified atom stereocenters. The summed E-state index contributed by atoms with van der Waals surface area (Å²) in [4.78, 5) is 53.0. The second-order valence-electron chi connectivity index (χ2n) is 8.41. The van der Waals surface area contributed by atoms with Crippen LogP contribution in [0.2, 0.25) is 0 Å². The van der Waals surface area contributed by atoms with Crippen molar-refractivity contribution in [2.24, 2.45) is 0 Å². The van der Waals surface area contributed by atoms with E-state index in [1.54, 1.807) is 35.9 Å². The number of carbonyl (C=O) groups is 2. The summed E-state index contributed by atoms with van der Waals surface area (Å²) >= 11 is 3.10. The Morgan fingerprint density at radius 3 is 2.91 bits per heavy atom. The molecule has 8 nitrogen and oxygen atoms in total. The van der Waals surface area contributed by atoms with Gasteiger partial charge >= 0.3 is 0 Å². The molecule has 2 amide bonds. The quantitative estimate of drug-likeness (QED) is 0.558. The number of thioether (sulfide) groups is 1. The summed E-state index contributed by atoms with van der Waals surface area (Å²) in [5, 5.41) is 3.79. The molecular formula is C23H25N5O3S2. The lowest BCUT2D eigenvalue weighted by molar-refractivity contribution is -0.129. The maximum Gasteiger partial charge on any atom is 0.259 e. The molecule has 0 saturated carbocycles. The Bertz CT molecular complexity index is 1230. The fourth-order valence-corrected chi connectivity index (χ4v) is 6.55. The maximum absolute atomic E-state index is 12.6. The van der Waals surface area contributed by atoms with Crippen molar-refractivity contribution in [3.8, 4) is 0 Å². The number of nitrogens with zero attached hydrogens (tertiary/aromatic N) is 3. The number of nitrogens with one attached hydrogen (secondary N) is 2. The third kappa shape index (κ3) is 4.81. The van der Waals surface area contributed by atoms with Crippen LogP contribution in [0.15, 0.2) is 29.3 Å². The molecule has 1 fully saturated rings. The van der Waals surface area contributed by atoms with Crippen LogP contribution < -0.4 is 10.9 Å². The lowest BCUT2D eigenvalue weighted by atomic mass is 10.0. The first-order valence-electron chi connectivity index (χ1n) is 11.2. The van der Waals surface area contributed by atoms with Crippen LogP contribution in [0.5, 0.6) is 0 Å². The smallest absolute Gasteiger partial charge is 0.259 e. The normalized spacial score (nSPS) is 16.2. The molecule has 1 aliphatic carbocycles. The van der Waals surface area contributed by atoms with E-state index in [9.17, 15) is 14.4 Å². The highest BCUT2D eigenvalue weighted by Gasteiger charge is 2.24. The Hall–Kier alpha value is -2.72. The number of aromatic nitrogens is 3.